The fourth-order valence-corrected chi connectivity index (χ4v) is 4.05. The Labute approximate surface area is 177 Å². The highest BCUT2D eigenvalue weighted by molar-refractivity contribution is 6.06. The Morgan fingerprint density at radius 1 is 1.13 bits per heavy atom. The minimum atomic E-state index is -0.697. The van der Waals surface area contributed by atoms with Crippen LogP contribution in [0.15, 0.2) is 27.7 Å². The van der Waals surface area contributed by atoms with Crippen LogP contribution in [0.25, 0.3) is 0 Å². The van der Waals surface area contributed by atoms with Gasteiger partial charge >= 0.3 is 5.69 Å². The van der Waals surface area contributed by atoms with Gasteiger partial charge in [0.15, 0.2) is 5.76 Å². The van der Waals surface area contributed by atoms with Crippen molar-refractivity contribution in [1.82, 2.24) is 4.90 Å². The number of nitro benzene ring substituents is 2. The molecule has 2 heterocycles. The normalized spacial score (nSPS) is 16.9. The number of carbonyl (C=O) groups is 1. The predicted molar refractivity (Wildman–Crippen MR) is 111 cm³/mol. The van der Waals surface area contributed by atoms with Crippen LogP contribution in [0.1, 0.15) is 53.1 Å². The Morgan fingerprint density at radius 3 is 2.55 bits per heavy atom. The summed E-state index contributed by atoms with van der Waals surface area (Å²) in [7, 11) is 0. The number of anilines is 1. The minimum Gasteiger partial charge on any atom is -0.455 e. The van der Waals surface area contributed by atoms with E-state index in [1.807, 2.05) is 6.92 Å². The zero-order chi connectivity index (χ0) is 22.1. The molecule has 11 heteroatoms. The molecule has 0 atom stereocenters. The molecule has 1 N–H and O–H groups in total. The molecular formula is C20H21N5O6. The number of non-ortho nitro benzene ring substituents is 1. The first-order valence-electron chi connectivity index (χ1n) is 10.0. The maximum atomic E-state index is 12.8. The first kappa shape index (κ1) is 20.5. The zero-order valence-corrected chi connectivity index (χ0v) is 16.9. The molecule has 0 bridgehead atoms. The number of hydrazone groups is 1. The second kappa shape index (κ2) is 8.17. The second-order valence-corrected chi connectivity index (χ2v) is 7.59. The van der Waals surface area contributed by atoms with E-state index in [2.05, 4.69) is 10.5 Å². The average Bonchev–Trinajstić information content (AvgIpc) is 3.40. The van der Waals surface area contributed by atoms with Crippen molar-refractivity contribution in [2.75, 3.05) is 18.5 Å². The molecular weight excluding hydrogens is 406 g/mol. The highest BCUT2D eigenvalue weighted by Crippen LogP contribution is 2.33. The highest BCUT2D eigenvalue weighted by atomic mass is 16.6. The van der Waals surface area contributed by atoms with E-state index in [-0.39, 0.29) is 17.3 Å². The first-order valence-corrected chi connectivity index (χ1v) is 10.0. The number of carbonyl (C=O) groups excluding carboxylic acids is 1. The summed E-state index contributed by atoms with van der Waals surface area (Å²) in [6, 6.07) is 3.33. The smallest absolute Gasteiger partial charge is 0.301 e. The lowest BCUT2D eigenvalue weighted by Crippen LogP contribution is -2.27. The standard InChI is InChI=1S/C20H21N5O6/c1-12-18-15(22-21-14-8-7-13(24(27)28)11-16(14)25(29)30)5-4-6-17(18)31-19(12)20(26)23-9-2-3-10-23/h7-8,11,21H,2-6,9-10H2,1H3/b22-15+. The summed E-state index contributed by atoms with van der Waals surface area (Å²) < 4.78 is 5.91. The predicted octanol–water partition coefficient (Wildman–Crippen LogP) is 3.79. The molecule has 2 aliphatic rings. The van der Waals surface area contributed by atoms with Gasteiger partial charge in [-0.05, 0) is 38.7 Å². The number of furan rings is 1. The summed E-state index contributed by atoms with van der Waals surface area (Å²) >= 11 is 0. The monoisotopic (exact) mass is 427 g/mol. The number of rotatable bonds is 5. The van der Waals surface area contributed by atoms with Crippen molar-refractivity contribution in [1.29, 1.82) is 0 Å². The zero-order valence-electron chi connectivity index (χ0n) is 16.9. The number of amides is 1. The third kappa shape index (κ3) is 3.86. The van der Waals surface area contributed by atoms with Crippen LogP contribution >= 0.6 is 0 Å². The summed E-state index contributed by atoms with van der Waals surface area (Å²) in [4.78, 5) is 35.5. The SMILES string of the molecule is Cc1c(C(=O)N2CCCC2)oc2c1/C(=N/Nc1ccc([N+](=O)[O-])cc1[N+](=O)[O-])CCC2. The molecule has 1 aromatic heterocycles. The van der Waals surface area contributed by atoms with Crippen LogP contribution in [-0.4, -0.2) is 39.5 Å². The van der Waals surface area contributed by atoms with Gasteiger partial charge in [0.05, 0.1) is 21.6 Å². The average molecular weight is 427 g/mol. The number of likely N-dealkylation sites (tertiary alicyclic amines) is 1. The van der Waals surface area contributed by atoms with Crippen molar-refractivity contribution in [3.63, 3.8) is 0 Å². The topological polar surface area (TPSA) is 144 Å². The summed E-state index contributed by atoms with van der Waals surface area (Å²) in [5, 5.41) is 26.6. The summed E-state index contributed by atoms with van der Waals surface area (Å²) in [5.41, 5.74) is 4.01. The van der Waals surface area contributed by atoms with Crippen LogP contribution in [0, 0.1) is 27.2 Å². The number of benzene rings is 1. The largest absolute Gasteiger partial charge is 0.455 e. The van der Waals surface area contributed by atoms with Gasteiger partial charge in [-0.25, -0.2) is 0 Å². The van der Waals surface area contributed by atoms with Gasteiger partial charge in [0.1, 0.15) is 11.4 Å². The van der Waals surface area contributed by atoms with Crippen molar-refractivity contribution in [3.05, 3.63) is 61.1 Å². The molecule has 0 radical (unpaired) electrons. The molecule has 0 unspecified atom stereocenters. The third-order valence-corrected chi connectivity index (χ3v) is 5.61. The van der Waals surface area contributed by atoms with Crippen molar-refractivity contribution in [2.24, 2.45) is 5.10 Å². The van der Waals surface area contributed by atoms with E-state index in [1.54, 1.807) is 4.90 Å². The van der Waals surface area contributed by atoms with E-state index in [0.29, 0.717) is 35.6 Å². The van der Waals surface area contributed by atoms with Gasteiger partial charge in [-0.3, -0.25) is 30.4 Å². The van der Waals surface area contributed by atoms with Crippen LogP contribution in [0.4, 0.5) is 17.1 Å². The fraction of sp³-hybridized carbons (Fsp3) is 0.400. The molecule has 11 nitrogen and oxygen atoms in total. The lowest BCUT2D eigenvalue weighted by molar-refractivity contribution is -0.393. The number of nitrogens with zero attached hydrogens (tertiary/aromatic N) is 4. The van der Waals surface area contributed by atoms with E-state index in [1.165, 1.54) is 12.1 Å². The van der Waals surface area contributed by atoms with E-state index in [0.717, 1.165) is 44.0 Å². The number of hydrogen-bond acceptors (Lipinski definition) is 8. The summed E-state index contributed by atoms with van der Waals surface area (Å²) in [6.07, 6.45) is 4.02. The van der Waals surface area contributed by atoms with Crippen molar-refractivity contribution >= 4 is 28.7 Å². The highest BCUT2D eigenvalue weighted by Gasteiger charge is 2.31. The lowest BCUT2D eigenvalue weighted by atomic mass is 9.93. The molecule has 1 aromatic carbocycles. The molecule has 0 saturated carbocycles. The minimum absolute atomic E-state index is 0.0461. The fourth-order valence-electron chi connectivity index (χ4n) is 4.05. The number of fused-ring (bicyclic) bond motifs is 1. The number of nitrogens with one attached hydrogen (secondary N) is 1. The molecule has 1 fully saturated rings. The van der Waals surface area contributed by atoms with E-state index in [4.69, 9.17) is 4.42 Å². The molecule has 162 valence electrons. The molecule has 31 heavy (non-hydrogen) atoms. The molecule has 4 rings (SSSR count). The molecule has 0 spiro atoms. The number of hydrogen-bond donors (Lipinski definition) is 1. The first-order chi connectivity index (χ1) is 14.9. The van der Waals surface area contributed by atoms with Crippen LogP contribution in [0.5, 0.6) is 0 Å². The Bertz CT molecular complexity index is 1100. The van der Waals surface area contributed by atoms with Gasteiger partial charge in [0.2, 0.25) is 0 Å². The molecule has 1 aliphatic heterocycles. The number of nitro groups is 2. The van der Waals surface area contributed by atoms with Crippen molar-refractivity contribution in [2.45, 2.75) is 39.0 Å². The van der Waals surface area contributed by atoms with E-state index in [9.17, 15) is 25.0 Å². The van der Waals surface area contributed by atoms with E-state index < -0.39 is 15.5 Å². The van der Waals surface area contributed by atoms with Crippen molar-refractivity contribution in [3.8, 4) is 0 Å². The Hall–Kier alpha value is -3.76. The van der Waals surface area contributed by atoms with Crippen LogP contribution in [-0.2, 0) is 6.42 Å². The molecule has 2 aromatic rings. The molecule has 1 aliphatic carbocycles. The maximum absolute atomic E-state index is 12.8. The summed E-state index contributed by atoms with van der Waals surface area (Å²) in [5.74, 6) is 0.885. The van der Waals surface area contributed by atoms with Gasteiger partial charge in [-0.1, -0.05) is 0 Å². The Balaban J connectivity index is 1.65. The van der Waals surface area contributed by atoms with E-state index >= 15 is 0 Å². The van der Waals surface area contributed by atoms with Gasteiger partial charge in [0, 0.05) is 36.7 Å². The van der Waals surface area contributed by atoms with Crippen LogP contribution < -0.4 is 5.43 Å². The number of aryl methyl sites for hydroxylation is 1. The quantitative estimate of drug-likeness (QED) is 0.564. The van der Waals surface area contributed by atoms with Gasteiger partial charge in [-0.15, -0.1) is 0 Å². The van der Waals surface area contributed by atoms with Gasteiger partial charge < -0.3 is 9.32 Å². The Morgan fingerprint density at radius 2 is 1.87 bits per heavy atom. The maximum Gasteiger partial charge on any atom is 0.301 e. The van der Waals surface area contributed by atoms with Gasteiger partial charge in [0.25, 0.3) is 11.6 Å². The third-order valence-electron chi connectivity index (χ3n) is 5.61. The summed E-state index contributed by atoms with van der Waals surface area (Å²) in [6.45, 7) is 3.26. The lowest BCUT2D eigenvalue weighted by Gasteiger charge is -2.14. The Kier molecular flexibility index (Phi) is 5.40. The van der Waals surface area contributed by atoms with Gasteiger partial charge in [-0.2, -0.15) is 5.10 Å². The van der Waals surface area contributed by atoms with Crippen LogP contribution in [0.2, 0.25) is 0 Å². The molecule has 1 saturated heterocycles. The van der Waals surface area contributed by atoms with Crippen molar-refractivity contribution < 1.29 is 19.1 Å². The second-order valence-electron chi connectivity index (χ2n) is 7.59. The van der Waals surface area contributed by atoms with Crippen LogP contribution in [0.3, 0.4) is 0 Å². The molecule has 1 amide bonds.